The Bertz CT molecular complexity index is 1560. The molecule has 0 amide bonds. The molecule has 208 valence electrons. The monoisotopic (exact) mass is 593 g/mol. The fraction of sp³-hybridized carbons (Fsp3) is 0.240. The number of carboxylic acids is 1. The molecule has 3 aromatic rings. The van der Waals surface area contributed by atoms with Crippen molar-refractivity contribution in [1.82, 2.24) is 0 Å². The van der Waals surface area contributed by atoms with Gasteiger partial charge in [0, 0.05) is 11.6 Å². The molecule has 2 atom stereocenters. The molecule has 0 saturated heterocycles. The summed E-state index contributed by atoms with van der Waals surface area (Å²) in [5.74, 6) is -6.34. The van der Waals surface area contributed by atoms with Crippen LogP contribution in [0.1, 0.15) is 18.9 Å². The first-order chi connectivity index (χ1) is 18.1. The van der Waals surface area contributed by atoms with E-state index in [1.165, 1.54) is 6.92 Å². The van der Waals surface area contributed by atoms with Gasteiger partial charge >= 0.3 is 12.1 Å². The summed E-state index contributed by atoms with van der Waals surface area (Å²) in [6, 6.07) is 5.94. The molecule has 0 aromatic heterocycles. The van der Waals surface area contributed by atoms with Crippen molar-refractivity contribution in [3.8, 4) is 16.9 Å². The first-order valence-corrected chi connectivity index (χ1v) is 13.0. The van der Waals surface area contributed by atoms with Crippen LogP contribution in [0.2, 0.25) is 5.02 Å². The van der Waals surface area contributed by atoms with E-state index in [4.69, 9.17) is 16.3 Å². The van der Waals surface area contributed by atoms with Crippen LogP contribution in [0.15, 0.2) is 53.4 Å². The summed E-state index contributed by atoms with van der Waals surface area (Å²) >= 11 is 5.94. The maximum atomic E-state index is 15.4. The molecule has 1 heterocycles. The van der Waals surface area contributed by atoms with Crippen LogP contribution < -0.4 is 9.04 Å². The Hall–Kier alpha value is -3.45. The Morgan fingerprint density at radius 2 is 1.82 bits per heavy atom. The zero-order chi connectivity index (χ0) is 28.9. The standard InChI is InChI=1S/C25H18ClF6NO5S/c1-12(24(34)35)5-16-11-33(39(36,37)17-4-2-3-14(8-17)25(30,31)32)21-7-13(6-20(29)23(21)38-16)18-9-15(27)10-19(28)22(18)26/h2-4,6-10,12,16H,5,11H2,1H3,(H,34,35)/t12-,16+/m1/s1. The smallest absolute Gasteiger partial charge is 0.416 e. The number of alkyl halides is 3. The highest BCUT2D eigenvalue weighted by Crippen LogP contribution is 2.44. The van der Waals surface area contributed by atoms with Crippen molar-refractivity contribution in [2.24, 2.45) is 5.92 Å². The number of anilines is 1. The summed E-state index contributed by atoms with van der Waals surface area (Å²) in [5.41, 5.74) is -2.31. The molecule has 3 aromatic carbocycles. The average Bonchev–Trinajstić information content (AvgIpc) is 2.85. The molecule has 0 saturated carbocycles. The molecule has 0 fully saturated rings. The summed E-state index contributed by atoms with van der Waals surface area (Å²) in [5, 5.41) is 8.67. The van der Waals surface area contributed by atoms with Gasteiger partial charge in [0.15, 0.2) is 11.6 Å². The third kappa shape index (κ3) is 5.64. The Kier molecular flexibility index (Phi) is 7.52. The van der Waals surface area contributed by atoms with Gasteiger partial charge in [-0.25, -0.2) is 21.6 Å². The van der Waals surface area contributed by atoms with Gasteiger partial charge in [0.05, 0.1) is 33.6 Å². The van der Waals surface area contributed by atoms with Crippen LogP contribution in [0, 0.1) is 23.4 Å². The van der Waals surface area contributed by atoms with E-state index < -0.39 is 85.1 Å². The Labute approximate surface area is 223 Å². The lowest BCUT2D eigenvalue weighted by Crippen LogP contribution is -2.45. The van der Waals surface area contributed by atoms with E-state index >= 15 is 4.39 Å². The van der Waals surface area contributed by atoms with Crippen molar-refractivity contribution < 1.29 is 49.4 Å². The SMILES string of the molecule is C[C@H](C[C@H]1CN(S(=O)(=O)c2cccc(C(F)(F)F)c2)c2cc(-c3cc(F)cc(F)c3Cl)cc(F)c2O1)C(=O)O. The van der Waals surface area contributed by atoms with Crippen LogP contribution in [-0.4, -0.2) is 32.1 Å². The fourth-order valence-corrected chi connectivity index (χ4v) is 5.85. The summed E-state index contributed by atoms with van der Waals surface area (Å²) in [4.78, 5) is 10.6. The molecule has 6 nitrogen and oxygen atoms in total. The van der Waals surface area contributed by atoms with Crippen LogP contribution in [0.3, 0.4) is 0 Å². The normalized spacial score (nSPS) is 16.4. The van der Waals surface area contributed by atoms with E-state index in [-0.39, 0.29) is 17.5 Å². The Morgan fingerprint density at radius 1 is 1.13 bits per heavy atom. The topological polar surface area (TPSA) is 83.9 Å². The van der Waals surface area contributed by atoms with Crippen molar-refractivity contribution in [3.63, 3.8) is 0 Å². The van der Waals surface area contributed by atoms with Crippen molar-refractivity contribution in [2.45, 2.75) is 30.5 Å². The predicted octanol–water partition coefficient (Wildman–Crippen LogP) is 6.51. The lowest BCUT2D eigenvalue weighted by molar-refractivity contribution is -0.142. The summed E-state index contributed by atoms with van der Waals surface area (Å²) in [6.07, 6.45) is -6.35. The summed E-state index contributed by atoms with van der Waals surface area (Å²) in [7, 11) is -4.83. The number of benzene rings is 3. The van der Waals surface area contributed by atoms with E-state index in [1.807, 2.05) is 0 Å². The molecule has 0 bridgehead atoms. The second kappa shape index (κ2) is 10.3. The quantitative estimate of drug-likeness (QED) is 0.260. The number of carboxylic acid groups (broad SMARTS) is 1. The second-order valence-electron chi connectivity index (χ2n) is 8.83. The molecule has 0 aliphatic carbocycles. The van der Waals surface area contributed by atoms with E-state index in [9.17, 15) is 40.3 Å². The Morgan fingerprint density at radius 3 is 2.46 bits per heavy atom. The van der Waals surface area contributed by atoms with Crippen LogP contribution in [0.4, 0.5) is 32.0 Å². The van der Waals surface area contributed by atoms with E-state index in [2.05, 4.69) is 0 Å². The number of hydrogen-bond acceptors (Lipinski definition) is 4. The third-order valence-electron chi connectivity index (χ3n) is 6.04. The van der Waals surface area contributed by atoms with Gasteiger partial charge in [0.2, 0.25) is 0 Å². The van der Waals surface area contributed by atoms with Crippen LogP contribution in [-0.2, 0) is 21.0 Å². The van der Waals surface area contributed by atoms with Crippen LogP contribution in [0.25, 0.3) is 11.1 Å². The first-order valence-electron chi connectivity index (χ1n) is 11.2. The van der Waals surface area contributed by atoms with Gasteiger partial charge in [-0.15, -0.1) is 0 Å². The first kappa shape index (κ1) is 28.6. The fourth-order valence-electron chi connectivity index (χ4n) is 4.10. The number of halogens is 7. The maximum Gasteiger partial charge on any atom is 0.416 e. The zero-order valence-electron chi connectivity index (χ0n) is 19.8. The highest BCUT2D eigenvalue weighted by atomic mass is 35.5. The van der Waals surface area contributed by atoms with Gasteiger partial charge < -0.3 is 9.84 Å². The molecule has 4 rings (SSSR count). The number of fused-ring (bicyclic) bond motifs is 1. The number of ether oxygens (including phenoxy) is 1. The van der Waals surface area contributed by atoms with Crippen molar-refractivity contribution in [2.75, 3.05) is 10.8 Å². The molecule has 39 heavy (non-hydrogen) atoms. The molecule has 14 heteroatoms. The third-order valence-corrected chi connectivity index (χ3v) is 8.20. The van der Waals surface area contributed by atoms with Gasteiger partial charge in [0.1, 0.15) is 17.7 Å². The minimum atomic E-state index is -4.87. The highest BCUT2D eigenvalue weighted by Gasteiger charge is 2.39. The molecule has 1 aliphatic rings. The van der Waals surface area contributed by atoms with Crippen molar-refractivity contribution >= 4 is 33.3 Å². The lowest BCUT2D eigenvalue weighted by atomic mass is 10.0. The minimum Gasteiger partial charge on any atom is -0.483 e. The number of sulfonamides is 1. The van der Waals surface area contributed by atoms with Crippen LogP contribution in [0.5, 0.6) is 5.75 Å². The van der Waals surface area contributed by atoms with E-state index in [0.29, 0.717) is 22.5 Å². The number of hydrogen-bond donors (Lipinski definition) is 1. The number of rotatable bonds is 6. The summed E-state index contributed by atoms with van der Waals surface area (Å²) in [6.45, 7) is 0.712. The predicted molar refractivity (Wildman–Crippen MR) is 129 cm³/mol. The van der Waals surface area contributed by atoms with Crippen LogP contribution >= 0.6 is 11.6 Å². The van der Waals surface area contributed by atoms with Gasteiger partial charge in [-0.05, 0) is 48.4 Å². The number of nitrogens with zero attached hydrogens (tertiary/aromatic N) is 1. The summed E-state index contributed by atoms with van der Waals surface area (Å²) < 4.78 is 117. The van der Waals surface area contributed by atoms with E-state index in [0.717, 1.165) is 30.3 Å². The highest BCUT2D eigenvalue weighted by molar-refractivity contribution is 7.92. The molecule has 0 spiro atoms. The molecular formula is C25H18ClF6NO5S. The van der Waals surface area contributed by atoms with E-state index in [1.54, 1.807) is 0 Å². The minimum absolute atomic E-state index is 0.250. The van der Waals surface area contributed by atoms with Gasteiger partial charge in [0.25, 0.3) is 10.0 Å². The second-order valence-corrected chi connectivity index (χ2v) is 11.1. The van der Waals surface area contributed by atoms with Crippen molar-refractivity contribution in [3.05, 3.63) is 76.6 Å². The zero-order valence-corrected chi connectivity index (χ0v) is 21.3. The van der Waals surface area contributed by atoms with Gasteiger partial charge in [-0.1, -0.05) is 24.6 Å². The average molecular weight is 594 g/mol. The van der Waals surface area contributed by atoms with Crippen molar-refractivity contribution in [1.29, 1.82) is 0 Å². The Balaban J connectivity index is 1.91. The molecule has 0 radical (unpaired) electrons. The van der Waals surface area contributed by atoms with Gasteiger partial charge in [-0.3, -0.25) is 9.10 Å². The number of aliphatic carboxylic acids is 1. The molecular weight excluding hydrogens is 576 g/mol. The molecule has 1 aliphatic heterocycles. The maximum absolute atomic E-state index is 15.4. The largest absolute Gasteiger partial charge is 0.483 e. The van der Waals surface area contributed by atoms with Gasteiger partial charge in [-0.2, -0.15) is 13.2 Å². The molecule has 1 N–H and O–H groups in total. The number of carbonyl (C=O) groups is 1. The molecule has 0 unspecified atom stereocenters. The lowest BCUT2D eigenvalue weighted by Gasteiger charge is -2.36.